The molecule has 0 aromatic heterocycles. The zero-order valence-corrected chi connectivity index (χ0v) is 9.10. The fourth-order valence-electron chi connectivity index (χ4n) is 0.598. The number of amides is 3. The van der Waals surface area contributed by atoms with Gasteiger partial charge in [0, 0.05) is 14.1 Å². The van der Waals surface area contributed by atoms with Crippen molar-refractivity contribution in [3.05, 3.63) is 0 Å². The van der Waals surface area contributed by atoms with Crippen LogP contribution in [0, 0.1) is 0 Å². The van der Waals surface area contributed by atoms with E-state index < -0.39 is 12.1 Å². The molecular formula is C7H13N3O3S. The van der Waals surface area contributed by atoms with Crippen LogP contribution in [-0.4, -0.2) is 42.8 Å². The van der Waals surface area contributed by atoms with Gasteiger partial charge in [0.1, 0.15) is 0 Å². The van der Waals surface area contributed by atoms with Crippen LogP contribution >= 0.6 is 12.2 Å². The number of hydrogen-bond acceptors (Lipinski definition) is 4. The zero-order chi connectivity index (χ0) is 11.1. The van der Waals surface area contributed by atoms with Crippen molar-refractivity contribution in [3.8, 4) is 0 Å². The van der Waals surface area contributed by atoms with E-state index in [1.807, 2.05) is 0 Å². The minimum Gasteiger partial charge on any atom is -0.450 e. The van der Waals surface area contributed by atoms with Crippen molar-refractivity contribution in [2.45, 2.75) is 6.92 Å². The van der Waals surface area contributed by atoms with Gasteiger partial charge in [-0.25, -0.2) is 9.59 Å². The third-order valence-corrected chi connectivity index (χ3v) is 1.68. The summed E-state index contributed by atoms with van der Waals surface area (Å²) in [4.78, 5) is 23.0. The average Bonchev–Trinajstić information content (AvgIpc) is 2.15. The van der Waals surface area contributed by atoms with E-state index in [2.05, 4.69) is 15.4 Å². The molecule has 0 aliphatic carbocycles. The van der Waals surface area contributed by atoms with Crippen molar-refractivity contribution >= 4 is 29.5 Å². The van der Waals surface area contributed by atoms with E-state index in [1.54, 1.807) is 6.92 Å². The van der Waals surface area contributed by atoms with Crippen LogP contribution in [0.15, 0.2) is 0 Å². The first-order valence-electron chi connectivity index (χ1n) is 3.96. The molecular weight excluding hydrogens is 206 g/mol. The molecule has 7 heteroatoms. The molecule has 0 aromatic rings. The molecule has 0 fully saturated rings. The fourth-order valence-corrected chi connectivity index (χ4v) is 0.765. The van der Waals surface area contributed by atoms with E-state index in [4.69, 9.17) is 12.2 Å². The number of alkyl carbamates (subject to hydrolysis) is 1. The van der Waals surface area contributed by atoms with E-state index >= 15 is 0 Å². The first-order valence-corrected chi connectivity index (χ1v) is 4.36. The standard InChI is InChI=1S/C7H13N3O3S/c1-4-13-7(12)9-6(14)10(3)5(11)8-2/h4H2,1-3H3,(H,8,11)(H,9,12,14). The molecule has 0 radical (unpaired) electrons. The molecule has 6 nitrogen and oxygen atoms in total. The maximum atomic E-state index is 11.0. The third kappa shape index (κ3) is 4.04. The molecule has 0 rings (SSSR count). The highest BCUT2D eigenvalue weighted by Crippen LogP contribution is 1.87. The fraction of sp³-hybridized carbons (Fsp3) is 0.571. The van der Waals surface area contributed by atoms with E-state index in [0.717, 1.165) is 4.90 Å². The van der Waals surface area contributed by atoms with Gasteiger partial charge >= 0.3 is 12.1 Å². The van der Waals surface area contributed by atoms with Gasteiger partial charge in [-0.05, 0) is 19.1 Å². The van der Waals surface area contributed by atoms with Crippen LogP contribution in [0.2, 0.25) is 0 Å². The van der Waals surface area contributed by atoms with Crippen molar-refractivity contribution in [1.82, 2.24) is 15.5 Å². The Morgan fingerprint density at radius 2 is 2.07 bits per heavy atom. The lowest BCUT2D eigenvalue weighted by molar-refractivity contribution is 0.157. The molecule has 0 saturated heterocycles. The van der Waals surface area contributed by atoms with Crippen LogP contribution < -0.4 is 10.6 Å². The van der Waals surface area contributed by atoms with Crippen LogP contribution in [-0.2, 0) is 4.74 Å². The van der Waals surface area contributed by atoms with E-state index in [9.17, 15) is 9.59 Å². The Morgan fingerprint density at radius 1 is 1.50 bits per heavy atom. The molecule has 0 unspecified atom stereocenters. The summed E-state index contributed by atoms with van der Waals surface area (Å²) in [5.41, 5.74) is 0. The van der Waals surface area contributed by atoms with Gasteiger partial charge in [0.2, 0.25) is 0 Å². The van der Waals surface area contributed by atoms with Crippen LogP contribution in [0.3, 0.4) is 0 Å². The van der Waals surface area contributed by atoms with Gasteiger partial charge in [-0.3, -0.25) is 10.2 Å². The largest absolute Gasteiger partial charge is 0.450 e. The number of thiocarbonyl (C=S) groups is 1. The van der Waals surface area contributed by atoms with Gasteiger partial charge in [-0.15, -0.1) is 0 Å². The van der Waals surface area contributed by atoms with Gasteiger partial charge in [0.05, 0.1) is 6.61 Å². The summed E-state index contributed by atoms with van der Waals surface area (Å²) in [5, 5.41) is 4.58. The molecule has 0 atom stereocenters. The highest BCUT2D eigenvalue weighted by atomic mass is 32.1. The lowest BCUT2D eigenvalue weighted by Gasteiger charge is -2.17. The second-order valence-corrected chi connectivity index (χ2v) is 2.65. The van der Waals surface area contributed by atoms with Crippen molar-refractivity contribution < 1.29 is 14.3 Å². The lowest BCUT2D eigenvalue weighted by Crippen LogP contribution is -2.46. The second-order valence-electron chi connectivity index (χ2n) is 2.26. The minimum absolute atomic E-state index is 0.0113. The maximum absolute atomic E-state index is 11.0. The van der Waals surface area contributed by atoms with Crippen molar-refractivity contribution in [3.63, 3.8) is 0 Å². The molecule has 0 aliphatic rings. The molecule has 14 heavy (non-hydrogen) atoms. The Balaban J connectivity index is 4.08. The molecule has 0 spiro atoms. The van der Waals surface area contributed by atoms with E-state index in [1.165, 1.54) is 14.1 Å². The summed E-state index contributed by atoms with van der Waals surface area (Å²) in [6, 6.07) is -0.410. The Kier molecular flexibility index (Phi) is 5.54. The van der Waals surface area contributed by atoms with Crippen molar-refractivity contribution in [2.75, 3.05) is 20.7 Å². The number of ether oxygens (including phenoxy) is 1. The number of carbonyl (C=O) groups is 2. The zero-order valence-electron chi connectivity index (χ0n) is 8.29. The maximum Gasteiger partial charge on any atom is 0.413 e. The van der Waals surface area contributed by atoms with Crippen LogP contribution in [0.4, 0.5) is 9.59 Å². The third-order valence-electron chi connectivity index (χ3n) is 1.31. The van der Waals surface area contributed by atoms with E-state index in [0.29, 0.717) is 0 Å². The monoisotopic (exact) mass is 219 g/mol. The molecule has 2 N–H and O–H groups in total. The van der Waals surface area contributed by atoms with Crippen molar-refractivity contribution in [2.24, 2.45) is 0 Å². The summed E-state index contributed by atoms with van der Waals surface area (Å²) >= 11 is 4.76. The number of hydrogen-bond donors (Lipinski definition) is 2. The molecule has 0 aliphatic heterocycles. The quantitative estimate of drug-likeness (QED) is 0.622. The Hall–Kier alpha value is -1.37. The highest BCUT2D eigenvalue weighted by molar-refractivity contribution is 7.80. The predicted molar refractivity (Wildman–Crippen MR) is 55.0 cm³/mol. The van der Waals surface area contributed by atoms with Gasteiger partial charge < -0.3 is 10.1 Å². The number of nitrogens with one attached hydrogen (secondary N) is 2. The smallest absolute Gasteiger partial charge is 0.413 e. The lowest BCUT2D eigenvalue weighted by atomic mass is 10.7. The number of carbonyl (C=O) groups excluding carboxylic acids is 2. The molecule has 0 saturated carbocycles. The SMILES string of the molecule is CCOC(=O)NC(=S)N(C)C(=O)NC. The Labute approximate surface area is 87.6 Å². The molecule has 0 bridgehead atoms. The minimum atomic E-state index is -0.673. The average molecular weight is 219 g/mol. The first-order chi connectivity index (χ1) is 6.52. The first kappa shape index (κ1) is 12.6. The number of rotatable bonds is 1. The van der Waals surface area contributed by atoms with Crippen LogP contribution in [0.1, 0.15) is 6.92 Å². The molecule has 0 aromatic carbocycles. The summed E-state index contributed by atoms with van der Waals surface area (Å²) in [6.45, 7) is 1.92. The van der Waals surface area contributed by atoms with Crippen LogP contribution in [0.25, 0.3) is 0 Å². The van der Waals surface area contributed by atoms with Gasteiger partial charge in [-0.2, -0.15) is 0 Å². The predicted octanol–water partition coefficient (Wildman–Crippen LogP) is 0.289. The molecule has 0 heterocycles. The second kappa shape index (κ2) is 6.14. The molecule has 80 valence electrons. The normalized spacial score (nSPS) is 8.79. The molecule has 3 amide bonds. The van der Waals surface area contributed by atoms with Gasteiger partial charge in [0.25, 0.3) is 0 Å². The Morgan fingerprint density at radius 3 is 2.50 bits per heavy atom. The van der Waals surface area contributed by atoms with Gasteiger partial charge in [-0.1, -0.05) is 0 Å². The topological polar surface area (TPSA) is 70.7 Å². The Bertz CT molecular complexity index is 244. The summed E-state index contributed by atoms with van der Waals surface area (Å²) in [6.07, 6.45) is -0.673. The summed E-state index contributed by atoms with van der Waals surface area (Å²) in [7, 11) is 2.90. The van der Waals surface area contributed by atoms with Gasteiger partial charge in [0.15, 0.2) is 5.11 Å². The summed E-state index contributed by atoms with van der Waals surface area (Å²) in [5.74, 6) is 0. The highest BCUT2D eigenvalue weighted by Gasteiger charge is 2.13. The number of nitrogens with zero attached hydrogens (tertiary/aromatic N) is 1. The van der Waals surface area contributed by atoms with E-state index in [-0.39, 0.29) is 11.7 Å². The van der Waals surface area contributed by atoms with Crippen LogP contribution in [0.5, 0.6) is 0 Å². The van der Waals surface area contributed by atoms with Crippen molar-refractivity contribution in [1.29, 1.82) is 0 Å². The summed E-state index contributed by atoms with van der Waals surface area (Å²) < 4.78 is 4.58. The number of urea groups is 1.